The molecule has 1 N–H and O–H groups in total. The Morgan fingerprint density at radius 1 is 1.62 bits per heavy atom. The summed E-state index contributed by atoms with van der Waals surface area (Å²) in [4.78, 5) is 0. The zero-order valence-electron chi connectivity index (χ0n) is 7.22. The average Bonchev–Trinajstić information content (AvgIpc) is 2.08. The largest absolute Gasteiger partial charge is 0.384 e. The molecular weight excluding hydrogens is 298 g/mol. The van der Waals surface area contributed by atoms with E-state index >= 15 is 0 Å². The van der Waals surface area contributed by atoms with Crippen molar-refractivity contribution in [1.29, 1.82) is 0 Å². The Labute approximate surface area is 96.6 Å². The molecule has 0 aliphatic heterocycles. The molecule has 0 spiro atoms. The van der Waals surface area contributed by atoms with E-state index in [1.54, 1.807) is 19.1 Å². The van der Waals surface area contributed by atoms with E-state index < -0.39 is 6.10 Å². The molecule has 0 amide bonds. The molecule has 0 radical (unpaired) electrons. The molecule has 1 aromatic rings. The third-order valence-electron chi connectivity index (χ3n) is 1.72. The zero-order valence-corrected chi connectivity index (χ0v) is 10.1. The molecule has 0 aliphatic rings. The van der Waals surface area contributed by atoms with Crippen LogP contribution in [0.25, 0.3) is 0 Å². The van der Waals surface area contributed by atoms with Gasteiger partial charge >= 0.3 is 0 Å². The Morgan fingerprint density at radius 2 is 2.23 bits per heavy atom. The third kappa shape index (κ3) is 2.69. The molecule has 1 nitrogen and oxygen atoms in total. The van der Waals surface area contributed by atoms with E-state index in [4.69, 9.17) is 11.6 Å². The number of hydrogen-bond acceptors (Lipinski definition) is 1. The minimum Gasteiger partial charge on any atom is -0.384 e. The van der Waals surface area contributed by atoms with Crippen molar-refractivity contribution in [2.24, 2.45) is 0 Å². The van der Waals surface area contributed by atoms with Crippen molar-refractivity contribution in [1.82, 2.24) is 0 Å². The van der Waals surface area contributed by atoms with Crippen LogP contribution < -0.4 is 0 Å². The van der Waals surface area contributed by atoms with E-state index in [9.17, 15) is 5.11 Å². The molecule has 1 rings (SSSR count). The average molecular weight is 309 g/mol. The van der Waals surface area contributed by atoms with Gasteiger partial charge in [-0.1, -0.05) is 18.2 Å². The summed E-state index contributed by atoms with van der Waals surface area (Å²) < 4.78 is 0.998. The quantitative estimate of drug-likeness (QED) is 0.654. The Morgan fingerprint density at radius 3 is 2.77 bits per heavy atom. The van der Waals surface area contributed by atoms with Crippen molar-refractivity contribution in [2.45, 2.75) is 13.0 Å². The van der Waals surface area contributed by atoms with Crippen molar-refractivity contribution in [2.75, 3.05) is 0 Å². The van der Waals surface area contributed by atoms with E-state index in [0.29, 0.717) is 5.02 Å². The molecule has 0 saturated carbocycles. The summed E-state index contributed by atoms with van der Waals surface area (Å²) in [5.74, 6) is 0. The molecule has 3 heteroatoms. The smallest absolute Gasteiger partial charge is 0.101 e. The topological polar surface area (TPSA) is 20.2 Å². The second kappa shape index (κ2) is 4.44. The van der Waals surface area contributed by atoms with Crippen LogP contribution in [0.3, 0.4) is 0 Å². The van der Waals surface area contributed by atoms with Gasteiger partial charge in [0.15, 0.2) is 0 Å². The normalized spacial score (nSPS) is 12.6. The van der Waals surface area contributed by atoms with Crippen molar-refractivity contribution in [3.8, 4) is 0 Å². The van der Waals surface area contributed by atoms with Crippen LogP contribution in [0.4, 0.5) is 0 Å². The Bertz CT molecular complexity index is 336. The number of aliphatic hydroxyl groups excluding tert-OH is 1. The number of benzene rings is 1. The lowest BCUT2D eigenvalue weighted by Gasteiger charge is -2.12. The molecule has 1 unspecified atom stereocenters. The number of hydrogen-bond donors (Lipinski definition) is 1. The van der Waals surface area contributed by atoms with Crippen molar-refractivity contribution < 1.29 is 5.11 Å². The molecule has 0 heterocycles. The van der Waals surface area contributed by atoms with Gasteiger partial charge in [-0.05, 0) is 58.9 Å². The van der Waals surface area contributed by atoms with Crippen LogP contribution >= 0.6 is 34.2 Å². The lowest BCUT2D eigenvalue weighted by atomic mass is 10.0. The van der Waals surface area contributed by atoms with E-state index in [2.05, 4.69) is 29.2 Å². The standard InChI is InChI=1S/C10H10ClIO/c1-6(2)10(13)8-5-7(11)3-4-9(8)12/h3-5,10,13H,1H2,2H3. The van der Waals surface area contributed by atoms with E-state index in [1.165, 1.54) is 0 Å². The maximum absolute atomic E-state index is 9.74. The van der Waals surface area contributed by atoms with Crippen LogP contribution in [0.15, 0.2) is 30.4 Å². The molecule has 0 bridgehead atoms. The first kappa shape index (κ1) is 11.0. The first-order valence-corrected chi connectivity index (χ1v) is 5.26. The lowest BCUT2D eigenvalue weighted by molar-refractivity contribution is 0.215. The SMILES string of the molecule is C=C(C)C(O)c1cc(Cl)ccc1I. The number of aliphatic hydroxyl groups is 1. The maximum Gasteiger partial charge on any atom is 0.101 e. The molecule has 70 valence electrons. The van der Waals surface area contributed by atoms with Gasteiger partial charge in [0.1, 0.15) is 6.10 Å². The van der Waals surface area contributed by atoms with Crippen molar-refractivity contribution in [3.05, 3.63) is 44.5 Å². The summed E-state index contributed by atoms with van der Waals surface area (Å²) in [5.41, 5.74) is 1.54. The van der Waals surface area contributed by atoms with Crippen LogP contribution in [-0.4, -0.2) is 5.11 Å². The Kier molecular flexibility index (Phi) is 3.76. The fourth-order valence-corrected chi connectivity index (χ4v) is 1.80. The predicted octanol–water partition coefficient (Wildman–Crippen LogP) is 3.55. The highest BCUT2D eigenvalue weighted by atomic mass is 127. The summed E-state index contributed by atoms with van der Waals surface area (Å²) in [6.45, 7) is 5.50. The highest BCUT2D eigenvalue weighted by Gasteiger charge is 2.11. The van der Waals surface area contributed by atoms with Gasteiger partial charge < -0.3 is 5.11 Å². The number of halogens is 2. The second-order valence-corrected chi connectivity index (χ2v) is 4.51. The fourth-order valence-electron chi connectivity index (χ4n) is 0.990. The second-order valence-electron chi connectivity index (χ2n) is 2.91. The van der Waals surface area contributed by atoms with E-state index in [0.717, 1.165) is 14.7 Å². The summed E-state index contributed by atoms with van der Waals surface area (Å²) in [6.07, 6.45) is -0.620. The van der Waals surface area contributed by atoms with Gasteiger partial charge in [0, 0.05) is 8.59 Å². The highest BCUT2D eigenvalue weighted by molar-refractivity contribution is 14.1. The first-order chi connectivity index (χ1) is 6.02. The maximum atomic E-state index is 9.74. The van der Waals surface area contributed by atoms with Gasteiger partial charge in [-0.3, -0.25) is 0 Å². The van der Waals surface area contributed by atoms with E-state index in [1.807, 2.05) is 6.07 Å². The third-order valence-corrected chi connectivity index (χ3v) is 2.94. The van der Waals surface area contributed by atoms with Crippen molar-refractivity contribution in [3.63, 3.8) is 0 Å². The minimum atomic E-state index is -0.620. The summed E-state index contributed by atoms with van der Waals surface area (Å²) in [6, 6.07) is 5.45. The van der Waals surface area contributed by atoms with Gasteiger partial charge in [-0.25, -0.2) is 0 Å². The molecular formula is C10H10ClIO. The van der Waals surface area contributed by atoms with Gasteiger partial charge in [-0.2, -0.15) is 0 Å². The molecule has 1 aromatic carbocycles. The van der Waals surface area contributed by atoms with E-state index in [-0.39, 0.29) is 0 Å². The van der Waals surface area contributed by atoms with Crippen LogP contribution in [0, 0.1) is 3.57 Å². The molecule has 1 atom stereocenters. The molecule has 0 aromatic heterocycles. The Hall–Kier alpha value is -0.0600. The Balaban J connectivity index is 3.12. The molecule has 0 aliphatic carbocycles. The van der Waals surface area contributed by atoms with Crippen LogP contribution in [0.2, 0.25) is 5.02 Å². The first-order valence-electron chi connectivity index (χ1n) is 3.81. The molecule has 13 heavy (non-hydrogen) atoms. The predicted molar refractivity (Wildman–Crippen MR) is 63.9 cm³/mol. The molecule has 0 saturated heterocycles. The summed E-state index contributed by atoms with van der Waals surface area (Å²) in [5, 5.41) is 10.4. The highest BCUT2D eigenvalue weighted by Crippen LogP contribution is 2.27. The van der Waals surface area contributed by atoms with Crippen LogP contribution in [0.5, 0.6) is 0 Å². The summed E-state index contributed by atoms with van der Waals surface area (Å²) in [7, 11) is 0. The van der Waals surface area contributed by atoms with Crippen LogP contribution in [-0.2, 0) is 0 Å². The van der Waals surface area contributed by atoms with Crippen molar-refractivity contribution >= 4 is 34.2 Å². The fraction of sp³-hybridized carbons (Fsp3) is 0.200. The zero-order chi connectivity index (χ0) is 10.0. The van der Waals surface area contributed by atoms with Gasteiger partial charge in [-0.15, -0.1) is 0 Å². The van der Waals surface area contributed by atoms with Crippen LogP contribution in [0.1, 0.15) is 18.6 Å². The van der Waals surface area contributed by atoms with Gasteiger partial charge in [0.25, 0.3) is 0 Å². The van der Waals surface area contributed by atoms with Gasteiger partial charge in [0.05, 0.1) is 0 Å². The van der Waals surface area contributed by atoms with Gasteiger partial charge in [0.2, 0.25) is 0 Å². The monoisotopic (exact) mass is 308 g/mol. The lowest BCUT2D eigenvalue weighted by Crippen LogP contribution is -2.00. The molecule has 0 fully saturated rings. The number of rotatable bonds is 2. The summed E-state index contributed by atoms with van der Waals surface area (Å²) >= 11 is 7.99. The minimum absolute atomic E-state index is 0.620.